The molecule has 28 heavy (non-hydrogen) atoms. The van der Waals surface area contributed by atoms with E-state index in [1.165, 1.54) is 0 Å². The fourth-order valence-corrected chi connectivity index (χ4v) is 8.02. The molecule has 2 fully saturated rings. The van der Waals surface area contributed by atoms with Crippen molar-refractivity contribution in [3.05, 3.63) is 0 Å². The molecule has 0 N–H and O–H groups in total. The second-order valence-corrected chi connectivity index (χ2v) is 23.0. The van der Waals surface area contributed by atoms with Crippen molar-refractivity contribution in [3.63, 3.8) is 0 Å². The van der Waals surface area contributed by atoms with Crippen LogP contribution < -0.4 is 0 Å². The largest absolute Gasteiger partial charge is 0.408 e. The molecule has 0 spiro atoms. The Labute approximate surface area is 175 Å². The molecular weight excluding hydrogens is 408 g/mol. The first-order valence-electron chi connectivity index (χ1n) is 10.5. The van der Waals surface area contributed by atoms with E-state index in [4.69, 9.17) is 13.0 Å². The third kappa shape index (κ3) is 4.19. The molecule has 2 aliphatic rings. The van der Waals surface area contributed by atoms with E-state index in [-0.39, 0.29) is 10.1 Å². The van der Waals surface area contributed by atoms with Crippen molar-refractivity contribution >= 4 is 26.8 Å². The van der Waals surface area contributed by atoms with Crippen LogP contribution in [0.5, 0.6) is 0 Å². The summed E-state index contributed by atoms with van der Waals surface area (Å²) in [5.74, 6) is 0. The summed E-state index contributed by atoms with van der Waals surface area (Å²) in [6.45, 7) is 22.4. The highest BCUT2D eigenvalue weighted by Crippen LogP contribution is 2.63. The maximum Gasteiger partial charge on any atom is 0.264 e. The van der Waals surface area contributed by atoms with Crippen molar-refractivity contribution in [1.29, 1.82) is 0 Å². The fraction of sp³-hybridized carbons (Fsp3) is 1.00. The number of rotatable bonds is 6. The summed E-state index contributed by atoms with van der Waals surface area (Å²) in [4.78, 5) is 0. The summed E-state index contributed by atoms with van der Waals surface area (Å²) in [6, 6.07) is 0. The monoisotopic (exact) mass is 450 g/mol. The Morgan fingerprint density at radius 1 is 0.857 bits per heavy atom. The van der Waals surface area contributed by atoms with Crippen LogP contribution in [-0.4, -0.2) is 48.6 Å². The van der Waals surface area contributed by atoms with Crippen LogP contribution in [-0.2, 0) is 23.2 Å². The molecule has 0 unspecified atom stereocenters. The summed E-state index contributed by atoms with van der Waals surface area (Å²) in [5.41, 5.74) is -1.09. The lowest BCUT2D eigenvalue weighted by molar-refractivity contribution is -0.241. The van der Waals surface area contributed by atoms with Gasteiger partial charge in [-0.1, -0.05) is 41.5 Å². The lowest BCUT2D eigenvalue weighted by atomic mass is 9.65. The molecule has 0 aromatic heterocycles. The Balaban J connectivity index is 2.48. The molecule has 0 aromatic carbocycles. The van der Waals surface area contributed by atoms with Gasteiger partial charge in [-0.25, -0.2) is 0 Å². The van der Waals surface area contributed by atoms with Gasteiger partial charge in [0.25, 0.3) is 10.1 Å². The predicted octanol–water partition coefficient (Wildman–Crippen LogP) is 5.44. The van der Waals surface area contributed by atoms with Crippen molar-refractivity contribution in [2.45, 2.75) is 121 Å². The van der Waals surface area contributed by atoms with Crippen molar-refractivity contribution < 1.29 is 21.5 Å². The van der Waals surface area contributed by atoms with E-state index in [1.54, 1.807) is 0 Å². The summed E-state index contributed by atoms with van der Waals surface area (Å²) in [7, 11) is -7.78. The standard InChI is InChI=1S/C20H42O5SSi2/c1-17(2,3)27(8,9)24-19-13-12-14-20(19,16(15-19)23-26(7,21)22)25-28(10,11)18(4,5)6/h16H,12-15H2,1-11H3/t16-,19-,20+/m1/s1. The summed E-state index contributed by atoms with van der Waals surface area (Å²) in [6.07, 6.45) is 3.97. The molecule has 0 radical (unpaired) electrons. The van der Waals surface area contributed by atoms with E-state index < -0.39 is 44.1 Å². The molecule has 0 aromatic rings. The molecule has 8 heteroatoms. The first-order chi connectivity index (χ1) is 12.2. The van der Waals surface area contributed by atoms with Crippen LogP contribution in [0.3, 0.4) is 0 Å². The van der Waals surface area contributed by atoms with Crippen LogP contribution in [0.2, 0.25) is 36.3 Å². The molecule has 2 rings (SSSR count). The van der Waals surface area contributed by atoms with Crippen LogP contribution in [0, 0.1) is 0 Å². The lowest BCUT2D eigenvalue weighted by Gasteiger charge is -2.64. The average Bonchev–Trinajstić information content (AvgIpc) is 2.65. The third-order valence-electron chi connectivity index (χ3n) is 7.73. The summed E-state index contributed by atoms with van der Waals surface area (Å²) < 4.78 is 43.6. The topological polar surface area (TPSA) is 61.8 Å². The van der Waals surface area contributed by atoms with Crippen LogP contribution in [0.4, 0.5) is 0 Å². The first-order valence-corrected chi connectivity index (χ1v) is 18.1. The Bertz CT molecular complexity index is 705. The van der Waals surface area contributed by atoms with E-state index in [0.717, 1.165) is 25.5 Å². The van der Waals surface area contributed by atoms with Crippen molar-refractivity contribution in [2.75, 3.05) is 6.26 Å². The Kier molecular flexibility index (Phi) is 6.03. The van der Waals surface area contributed by atoms with E-state index in [2.05, 4.69) is 67.7 Å². The number of hydrogen-bond donors (Lipinski definition) is 0. The first kappa shape index (κ1) is 24.5. The van der Waals surface area contributed by atoms with Crippen molar-refractivity contribution in [2.24, 2.45) is 0 Å². The predicted molar refractivity (Wildman–Crippen MR) is 120 cm³/mol. The van der Waals surface area contributed by atoms with Crippen LogP contribution in [0.15, 0.2) is 0 Å². The molecule has 0 bridgehead atoms. The van der Waals surface area contributed by atoms with Gasteiger partial charge in [0.2, 0.25) is 0 Å². The maximum atomic E-state index is 12.0. The smallest absolute Gasteiger partial charge is 0.264 e. The molecule has 0 amide bonds. The van der Waals surface area contributed by atoms with E-state index >= 15 is 0 Å². The van der Waals surface area contributed by atoms with E-state index in [1.807, 2.05) is 0 Å². The molecule has 0 heterocycles. The van der Waals surface area contributed by atoms with Gasteiger partial charge < -0.3 is 8.85 Å². The summed E-state index contributed by atoms with van der Waals surface area (Å²) >= 11 is 0. The lowest BCUT2D eigenvalue weighted by Crippen LogP contribution is -2.77. The SMILES string of the molecule is CC(C)(C)[Si](C)(C)O[C@@]12CCC[C@]1(O[Si](C)(C)C(C)(C)C)[C@H](OS(C)(=O)=O)C2. The minimum atomic E-state index is -3.56. The second-order valence-electron chi connectivity index (χ2n) is 12.0. The van der Waals surface area contributed by atoms with Gasteiger partial charge in [-0.05, 0) is 55.5 Å². The van der Waals surface area contributed by atoms with Gasteiger partial charge in [0.1, 0.15) is 11.7 Å². The zero-order valence-corrected chi connectivity index (χ0v) is 22.7. The molecular formula is C20H42O5SSi2. The van der Waals surface area contributed by atoms with Crippen LogP contribution >= 0.6 is 0 Å². The Morgan fingerprint density at radius 2 is 1.32 bits per heavy atom. The van der Waals surface area contributed by atoms with E-state index in [9.17, 15) is 8.42 Å². The minimum absolute atomic E-state index is 0.0261. The quantitative estimate of drug-likeness (QED) is 0.398. The highest BCUT2D eigenvalue weighted by Gasteiger charge is 2.74. The number of hydrogen-bond acceptors (Lipinski definition) is 5. The van der Waals surface area contributed by atoms with Gasteiger partial charge in [-0.2, -0.15) is 8.42 Å². The van der Waals surface area contributed by atoms with Gasteiger partial charge >= 0.3 is 0 Å². The maximum absolute atomic E-state index is 12.0. The highest BCUT2D eigenvalue weighted by atomic mass is 32.2. The van der Waals surface area contributed by atoms with Crippen LogP contribution in [0.25, 0.3) is 0 Å². The molecule has 166 valence electrons. The minimum Gasteiger partial charge on any atom is -0.408 e. The normalized spacial score (nSPS) is 32.2. The second kappa shape index (κ2) is 6.88. The van der Waals surface area contributed by atoms with Crippen LogP contribution in [0.1, 0.15) is 67.2 Å². The zero-order chi connectivity index (χ0) is 22.0. The van der Waals surface area contributed by atoms with Crippen molar-refractivity contribution in [1.82, 2.24) is 0 Å². The average molecular weight is 451 g/mol. The van der Waals surface area contributed by atoms with Gasteiger partial charge in [-0.3, -0.25) is 4.18 Å². The molecule has 3 atom stereocenters. The molecule has 0 aliphatic heterocycles. The third-order valence-corrected chi connectivity index (χ3v) is 17.3. The van der Waals surface area contributed by atoms with Gasteiger partial charge in [0.05, 0.1) is 11.9 Å². The molecule has 2 saturated carbocycles. The molecule has 0 saturated heterocycles. The molecule has 5 nitrogen and oxygen atoms in total. The Morgan fingerprint density at radius 3 is 1.75 bits per heavy atom. The van der Waals surface area contributed by atoms with Gasteiger partial charge in [-0.15, -0.1) is 0 Å². The van der Waals surface area contributed by atoms with Crippen molar-refractivity contribution in [3.8, 4) is 0 Å². The Hall–Kier alpha value is 0.264. The zero-order valence-electron chi connectivity index (χ0n) is 19.9. The van der Waals surface area contributed by atoms with E-state index in [0.29, 0.717) is 6.42 Å². The fourth-order valence-electron chi connectivity index (χ4n) is 4.10. The van der Waals surface area contributed by atoms with Gasteiger partial charge in [0.15, 0.2) is 16.6 Å². The summed E-state index contributed by atoms with van der Waals surface area (Å²) in [5, 5.41) is 0.105. The highest BCUT2D eigenvalue weighted by molar-refractivity contribution is 7.86. The number of fused-ring (bicyclic) bond motifs is 1. The molecule has 2 aliphatic carbocycles. The van der Waals surface area contributed by atoms with Gasteiger partial charge in [0, 0.05) is 6.42 Å².